The predicted molar refractivity (Wildman–Crippen MR) is 119 cm³/mol. The Morgan fingerprint density at radius 1 is 1.19 bits per heavy atom. The molecule has 3 rings (SSSR count). The number of thiophene rings is 1. The van der Waals surface area contributed by atoms with Gasteiger partial charge in [0, 0.05) is 11.1 Å². The summed E-state index contributed by atoms with van der Waals surface area (Å²) in [6.07, 6.45) is 5.46. The lowest BCUT2D eigenvalue weighted by Crippen LogP contribution is -2.32. The summed E-state index contributed by atoms with van der Waals surface area (Å²) in [5.41, 5.74) is 1.60. The van der Waals surface area contributed by atoms with Crippen LogP contribution in [-0.4, -0.2) is 35.5 Å². The third-order valence-corrected chi connectivity index (χ3v) is 6.43. The fourth-order valence-electron chi connectivity index (χ4n) is 3.49. The average Bonchev–Trinajstić information content (AvgIpc) is 2.92. The summed E-state index contributed by atoms with van der Waals surface area (Å²) >= 11 is 7.23. The minimum atomic E-state index is -1.02. The normalized spacial score (nSPS) is 14.2. The van der Waals surface area contributed by atoms with Gasteiger partial charge >= 0.3 is 11.9 Å². The molecule has 1 atom stereocenters. The highest BCUT2D eigenvalue weighted by atomic mass is 35.5. The minimum absolute atomic E-state index is 0.158. The number of rotatable bonds is 7. The highest BCUT2D eigenvalue weighted by molar-refractivity contribution is 7.17. The Kier molecular flexibility index (Phi) is 8.03. The Bertz CT molecular complexity index is 975. The SMILES string of the molecule is CCOC(=O)c1c(NC(=O)C(CC)OC(=O)c2ccnc(Cl)c2)sc2c1CCCCC2. The van der Waals surface area contributed by atoms with Crippen LogP contribution in [0.3, 0.4) is 0 Å². The van der Waals surface area contributed by atoms with Crippen LogP contribution in [0, 0.1) is 0 Å². The van der Waals surface area contributed by atoms with E-state index in [0.29, 0.717) is 10.6 Å². The molecular weight excluding hydrogens is 440 g/mol. The van der Waals surface area contributed by atoms with Crippen LogP contribution in [0.15, 0.2) is 18.3 Å². The van der Waals surface area contributed by atoms with E-state index in [1.54, 1.807) is 13.8 Å². The maximum Gasteiger partial charge on any atom is 0.341 e. The van der Waals surface area contributed by atoms with Gasteiger partial charge in [-0.3, -0.25) is 4.79 Å². The molecule has 0 saturated carbocycles. The molecule has 2 aromatic heterocycles. The minimum Gasteiger partial charge on any atom is -0.462 e. The van der Waals surface area contributed by atoms with Crippen molar-refractivity contribution in [2.45, 2.75) is 58.5 Å². The van der Waals surface area contributed by atoms with E-state index >= 15 is 0 Å². The van der Waals surface area contributed by atoms with Crippen molar-refractivity contribution < 1.29 is 23.9 Å². The third-order valence-electron chi connectivity index (χ3n) is 5.01. The lowest BCUT2D eigenvalue weighted by molar-refractivity contribution is -0.124. The molecule has 166 valence electrons. The summed E-state index contributed by atoms with van der Waals surface area (Å²) in [5, 5.41) is 3.42. The number of anilines is 1. The van der Waals surface area contributed by atoms with Gasteiger partial charge in [0.25, 0.3) is 5.91 Å². The second-order valence-electron chi connectivity index (χ2n) is 7.15. The standard InChI is InChI=1S/C22H25ClN2O5S/c1-3-15(30-21(27)13-10-11-24-17(23)12-13)19(26)25-20-18(22(28)29-4-2)14-8-6-5-7-9-16(14)31-20/h10-12,15H,3-9H2,1-2H3,(H,25,26). The first-order chi connectivity index (χ1) is 14.9. The number of aromatic nitrogens is 1. The van der Waals surface area contributed by atoms with Gasteiger partial charge in [0.15, 0.2) is 6.10 Å². The van der Waals surface area contributed by atoms with E-state index < -0.39 is 23.9 Å². The second kappa shape index (κ2) is 10.7. The van der Waals surface area contributed by atoms with Crippen LogP contribution in [-0.2, 0) is 27.1 Å². The summed E-state index contributed by atoms with van der Waals surface area (Å²) in [6, 6.07) is 2.84. The van der Waals surface area contributed by atoms with E-state index in [0.717, 1.165) is 42.5 Å². The van der Waals surface area contributed by atoms with E-state index in [1.807, 2.05) is 0 Å². The van der Waals surface area contributed by atoms with Gasteiger partial charge in [-0.05, 0) is 56.7 Å². The quantitative estimate of drug-likeness (QED) is 0.358. The fraction of sp³-hybridized carbons (Fsp3) is 0.455. The van der Waals surface area contributed by atoms with Gasteiger partial charge in [-0.25, -0.2) is 14.6 Å². The number of esters is 2. The zero-order chi connectivity index (χ0) is 22.4. The van der Waals surface area contributed by atoms with E-state index in [9.17, 15) is 14.4 Å². The average molecular weight is 465 g/mol. The topological polar surface area (TPSA) is 94.6 Å². The number of carbonyl (C=O) groups excluding carboxylic acids is 3. The summed E-state index contributed by atoms with van der Waals surface area (Å²) in [6.45, 7) is 3.74. The van der Waals surface area contributed by atoms with E-state index in [1.165, 1.54) is 29.7 Å². The molecule has 0 radical (unpaired) electrons. The van der Waals surface area contributed by atoms with Crippen molar-refractivity contribution >= 4 is 45.8 Å². The fourth-order valence-corrected chi connectivity index (χ4v) is 4.95. The molecule has 2 heterocycles. The molecule has 0 saturated heterocycles. The molecule has 9 heteroatoms. The molecule has 0 bridgehead atoms. The first-order valence-corrected chi connectivity index (χ1v) is 11.6. The number of carbonyl (C=O) groups is 3. The Morgan fingerprint density at radius 3 is 2.68 bits per heavy atom. The molecule has 7 nitrogen and oxygen atoms in total. The first-order valence-electron chi connectivity index (χ1n) is 10.4. The Morgan fingerprint density at radius 2 is 1.97 bits per heavy atom. The van der Waals surface area contributed by atoms with Gasteiger partial charge in [-0.1, -0.05) is 24.9 Å². The smallest absolute Gasteiger partial charge is 0.341 e. The molecule has 0 aromatic carbocycles. The van der Waals surface area contributed by atoms with Gasteiger partial charge in [0.2, 0.25) is 0 Å². The number of pyridine rings is 1. The largest absolute Gasteiger partial charge is 0.462 e. The van der Waals surface area contributed by atoms with Crippen LogP contribution in [0.25, 0.3) is 0 Å². The number of aryl methyl sites for hydroxylation is 1. The second-order valence-corrected chi connectivity index (χ2v) is 8.64. The van der Waals surface area contributed by atoms with Gasteiger partial charge in [-0.15, -0.1) is 11.3 Å². The van der Waals surface area contributed by atoms with E-state index in [-0.39, 0.29) is 23.7 Å². The van der Waals surface area contributed by atoms with Crippen molar-refractivity contribution in [3.05, 3.63) is 45.1 Å². The number of ether oxygens (including phenoxy) is 2. The van der Waals surface area contributed by atoms with Crippen LogP contribution in [0.2, 0.25) is 5.15 Å². The van der Waals surface area contributed by atoms with Gasteiger partial charge in [-0.2, -0.15) is 0 Å². The summed E-state index contributed by atoms with van der Waals surface area (Å²) in [4.78, 5) is 42.9. The first kappa shape index (κ1) is 23.2. The van der Waals surface area contributed by atoms with Crippen LogP contribution in [0.4, 0.5) is 5.00 Å². The van der Waals surface area contributed by atoms with Crippen LogP contribution < -0.4 is 5.32 Å². The number of halogens is 1. The third kappa shape index (κ3) is 5.62. The monoisotopic (exact) mass is 464 g/mol. The highest BCUT2D eigenvalue weighted by Gasteiger charge is 2.29. The van der Waals surface area contributed by atoms with Crippen LogP contribution in [0.1, 0.15) is 70.7 Å². The number of hydrogen-bond acceptors (Lipinski definition) is 7. The molecule has 0 fully saturated rings. The summed E-state index contributed by atoms with van der Waals surface area (Å²) in [5.74, 6) is -1.59. The lowest BCUT2D eigenvalue weighted by atomic mass is 10.1. The predicted octanol–water partition coefficient (Wildman–Crippen LogP) is 4.82. The number of nitrogens with one attached hydrogen (secondary N) is 1. The zero-order valence-electron chi connectivity index (χ0n) is 17.5. The van der Waals surface area contributed by atoms with Crippen molar-refractivity contribution in [1.82, 2.24) is 4.98 Å². The molecule has 1 amide bonds. The maximum absolute atomic E-state index is 12.9. The lowest BCUT2D eigenvalue weighted by Gasteiger charge is -2.16. The molecule has 31 heavy (non-hydrogen) atoms. The number of hydrogen-bond donors (Lipinski definition) is 1. The Labute approximate surface area is 190 Å². The molecule has 1 aliphatic carbocycles. The van der Waals surface area contributed by atoms with Crippen LogP contribution in [0.5, 0.6) is 0 Å². The van der Waals surface area contributed by atoms with Crippen molar-refractivity contribution in [3.63, 3.8) is 0 Å². The molecule has 1 unspecified atom stereocenters. The van der Waals surface area contributed by atoms with E-state index in [2.05, 4.69) is 10.3 Å². The van der Waals surface area contributed by atoms with Crippen molar-refractivity contribution in [2.75, 3.05) is 11.9 Å². The molecule has 2 aromatic rings. The molecular formula is C22H25ClN2O5S. The molecule has 1 N–H and O–H groups in total. The van der Waals surface area contributed by atoms with Crippen LogP contribution >= 0.6 is 22.9 Å². The molecule has 0 aliphatic heterocycles. The van der Waals surface area contributed by atoms with E-state index in [4.69, 9.17) is 21.1 Å². The highest BCUT2D eigenvalue weighted by Crippen LogP contribution is 2.38. The zero-order valence-corrected chi connectivity index (χ0v) is 19.1. The Balaban J connectivity index is 1.80. The Hall–Kier alpha value is -2.45. The van der Waals surface area contributed by atoms with Gasteiger partial charge in [0.05, 0.1) is 17.7 Å². The molecule has 1 aliphatic rings. The van der Waals surface area contributed by atoms with Crippen molar-refractivity contribution in [1.29, 1.82) is 0 Å². The van der Waals surface area contributed by atoms with Gasteiger partial charge in [0.1, 0.15) is 10.2 Å². The summed E-state index contributed by atoms with van der Waals surface area (Å²) < 4.78 is 10.6. The summed E-state index contributed by atoms with van der Waals surface area (Å²) in [7, 11) is 0. The number of fused-ring (bicyclic) bond motifs is 1. The number of nitrogens with zero attached hydrogens (tertiary/aromatic N) is 1. The maximum atomic E-state index is 12.9. The van der Waals surface area contributed by atoms with Gasteiger partial charge < -0.3 is 14.8 Å². The van der Waals surface area contributed by atoms with Crippen molar-refractivity contribution in [2.24, 2.45) is 0 Å². The number of amides is 1. The van der Waals surface area contributed by atoms with Crippen molar-refractivity contribution in [3.8, 4) is 0 Å². The molecule has 0 spiro atoms.